The van der Waals surface area contributed by atoms with Crippen LogP contribution in [0.2, 0.25) is 0 Å². The van der Waals surface area contributed by atoms with E-state index in [-0.39, 0.29) is 18.5 Å². The first kappa shape index (κ1) is 67.1. The summed E-state index contributed by atoms with van der Waals surface area (Å²) in [5.74, 6) is -0.0639. The van der Waals surface area contributed by atoms with E-state index in [4.69, 9.17) is 4.74 Å². The van der Waals surface area contributed by atoms with Crippen molar-refractivity contribution in [2.75, 3.05) is 13.2 Å². The molecule has 0 aliphatic carbocycles. The number of aliphatic hydroxyl groups excluding tert-OH is 2. The predicted molar refractivity (Wildman–Crippen MR) is 301 cm³/mol. The highest BCUT2D eigenvalue weighted by atomic mass is 16.5. The molecule has 0 bridgehead atoms. The fraction of sp³-hybridized carbons (Fsp3) is 0.873. The van der Waals surface area contributed by atoms with Crippen LogP contribution in [0.15, 0.2) is 36.5 Å². The van der Waals surface area contributed by atoms with E-state index < -0.39 is 12.1 Å². The van der Waals surface area contributed by atoms with Crippen molar-refractivity contribution in [1.29, 1.82) is 0 Å². The van der Waals surface area contributed by atoms with Crippen LogP contribution in [0.25, 0.3) is 0 Å². The van der Waals surface area contributed by atoms with Crippen molar-refractivity contribution in [3.8, 4) is 0 Å². The van der Waals surface area contributed by atoms with Gasteiger partial charge in [-0.05, 0) is 64.2 Å². The summed E-state index contributed by atoms with van der Waals surface area (Å²) in [5, 5.41) is 23.1. The highest BCUT2D eigenvalue weighted by molar-refractivity contribution is 5.76. The van der Waals surface area contributed by atoms with Crippen molar-refractivity contribution in [3.63, 3.8) is 0 Å². The molecule has 0 aliphatic heterocycles. The molecular formula is C63H119NO5. The first-order valence-electron chi connectivity index (χ1n) is 30.8. The van der Waals surface area contributed by atoms with E-state index >= 15 is 0 Å². The molecule has 2 unspecified atom stereocenters. The van der Waals surface area contributed by atoms with Gasteiger partial charge in [0.05, 0.1) is 25.4 Å². The van der Waals surface area contributed by atoms with Gasteiger partial charge in [0.15, 0.2) is 0 Å². The smallest absolute Gasteiger partial charge is 0.305 e. The Hall–Kier alpha value is -1.92. The Balaban J connectivity index is 3.46. The van der Waals surface area contributed by atoms with Crippen molar-refractivity contribution in [2.45, 2.75) is 341 Å². The molecule has 0 heterocycles. The number of rotatable bonds is 57. The van der Waals surface area contributed by atoms with Gasteiger partial charge in [-0.2, -0.15) is 0 Å². The quantitative estimate of drug-likeness (QED) is 0.0321. The maximum Gasteiger partial charge on any atom is 0.305 e. The molecule has 406 valence electrons. The summed E-state index contributed by atoms with van der Waals surface area (Å²) in [5.41, 5.74) is 0. The Morgan fingerprint density at radius 2 is 0.725 bits per heavy atom. The first-order valence-corrected chi connectivity index (χ1v) is 30.8. The summed E-state index contributed by atoms with van der Waals surface area (Å²) in [6, 6.07) is -0.632. The molecule has 0 aliphatic rings. The number of unbranched alkanes of at least 4 members (excludes halogenated alkanes) is 42. The number of hydrogen-bond donors (Lipinski definition) is 3. The Bertz CT molecular complexity index is 1120. The molecule has 0 aromatic heterocycles. The molecule has 69 heavy (non-hydrogen) atoms. The van der Waals surface area contributed by atoms with Crippen molar-refractivity contribution in [2.24, 2.45) is 0 Å². The number of allylic oxidation sites excluding steroid dienone is 5. The first-order chi connectivity index (χ1) is 34.0. The minimum absolute atomic E-state index is 0.00915. The second kappa shape index (κ2) is 58.6. The van der Waals surface area contributed by atoms with Crippen molar-refractivity contribution in [1.82, 2.24) is 5.32 Å². The number of ether oxygens (including phenoxy) is 1. The number of carbonyl (C=O) groups excluding carboxylic acids is 2. The van der Waals surface area contributed by atoms with Crippen LogP contribution in [0.3, 0.4) is 0 Å². The molecule has 0 aromatic carbocycles. The molecule has 0 rings (SSSR count). The molecule has 3 N–H and O–H groups in total. The molecule has 0 saturated heterocycles. The summed E-state index contributed by atoms with van der Waals surface area (Å²) in [6.45, 7) is 4.91. The lowest BCUT2D eigenvalue weighted by molar-refractivity contribution is -0.143. The fourth-order valence-corrected chi connectivity index (χ4v) is 9.43. The Morgan fingerprint density at radius 1 is 0.406 bits per heavy atom. The van der Waals surface area contributed by atoms with Crippen LogP contribution in [0.1, 0.15) is 328 Å². The van der Waals surface area contributed by atoms with E-state index in [0.717, 1.165) is 44.9 Å². The molecule has 0 saturated carbocycles. The second-order valence-corrected chi connectivity index (χ2v) is 21.0. The van der Waals surface area contributed by atoms with Gasteiger partial charge in [-0.15, -0.1) is 0 Å². The summed E-state index contributed by atoms with van der Waals surface area (Å²) in [7, 11) is 0. The maximum absolute atomic E-state index is 12.5. The zero-order valence-corrected chi connectivity index (χ0v) is 46.3. The lowest BCUT2D eigenvalue weighted by Gasteiger charge is -2.20. The van der Waals surface area contributed by atoms with E-state index in [9.17, 15) is 19.8 Å². The number of nitrogens with one attached hydrogen (secondary N) is 1. The molecule has 0 radical (unpaired) electrons. The third-order valence-corrected chi connectivity index (χ3v) is 14.2. The minimum Gasteiger partial charge on any atom is -0.466 e. The maximum atomic E-state index is 12.5. The molecule has 0 spiro atoms. The van der Waals surface area contributed by atoms with E-state index in [1.807, 2.05) is 6.08 Å². The largest absolute Gasteiger partial charge is 0.466 e. The second-order valence-electron chi connectivity index (χ2n) is 21.0. The van der Waals surface area contributed by atoms with Crippen molar-refractivity contribution in [3.05, 3.63) is 36.5 Å². The summed E-state index contributed by atoms with van der Waals surface area (Å²) in [6.07, 6.45) is 73.2. The monoisotopic (exact) mass is 970 g/mol. The van der Waals surface area contributed by atoms with Crippen LogP contribution in [0.5, 0.6) is 0 Å². The summed E-state index contributed by atoms with van der Waals surface area (Å²) >= 11 is 0. The predicted octanol–water partition coefficient (Wildman–Crippen LogP) is 19.2. The Morgan fingerprint density at radius 3 is 1.10 bits per heavy atom. The fourth-order valence-electron chi connectivity index (χ4n) is 9.43. The van der Waals surface area contributed by atoms with Crippen molar-refractivity contribution < 1.29 is 24.5 Å². The van der Waals surface area contributed by atoms with Crippen LogP contribution in [-0.2, 0) is 14.3 Å². The average molecular weight is 971 g/mol. The van der Waals surface area contributed by atoms with Gasteiger partial charge in [0.25, 0.3) is 0 Å². The molecule has 6 heteroatoms. The van der Waals surface area contributed by atoms with Gasteiger partial charge in [-0.3, -0.25) is 9.59 Å². The van der Waals surface area contributed by atoms with E-state index in [1.165, 1.54) is 257 Å². The molecular weight excluding hydrogens is 851 g/mol. The highest BCUT2D eigenvalue weighted by Gasteiger charge is 2.18. The van der Waals surface area contributed by atoms with Gasteiger partial charge < -0.3 is 20.3 Å². The van der Waals surface area contributed by atoms with Crippen molar-refractivity contribution >= 4 is 11.9 Å². The molecule has 0 fully saturated rings. The topological polar surface area (TPSA) is 95.9 Å². The number of carbonyl (C=O) groups is 2. The minimum atomic E-state index is -0.848. The SMILES string of the molecule is CCCCCCCCCCCCCCC/C=C/C(O)C(CO)NC(=O)CCCCCCCCCCC/C=C\C/C=C\CCCCCCCCCCCOC(=O)CCCCCCCCCCCCCC. The lowest BCUT2D eigenvalue weighted by atomic mass is 10.0. The van der Waals surface area contributed by atoms with Crippen LogP contribution < -0.4 is 5.32 Å². The Kier molecular flexibility index (Phi) is 57.0. The number of amides is 1. The highest BCUT2D eigenvalue weighted by Crippen LogP contribution is 2.17. The third kappa shape index (κ3) is 55.2. The van der Waals surface area contributed by atoms with Gasteiger partial charge in [0, 0.05) is 12.8 Å². The Labute approximate surface area is 430 Å². The van der Waals surface area contributed by atoms with Gasteiger partial charge in [0.2, 0.25) is 5.91 Å². The standard InChI is InChI=1S/C63H119NO5/c1-3-5-7-9-11-13-15-17-29-32-35-39-43-47-51-55-61(66)60(59-65)64-62(67)56-52-48-44-40-36-33-30-27-25-23-21-19-18-20-22-24-26-28-31-34-38-42-46-50-54-58-69-63(68)57-53-49-45-41-37-16-14-12-10-8-6-4-2/h19-22,51,55,60-61,65-66H,3-18,23-50,52-54,56-59H2,1-2H3,(H,64,67)/b21-19-,22-20-,55-51+. The van der Waals surface area contributed by atoms with Gasteiger partial charge in [-0.25, -0.2) is 0 Å². The zero-order chi connectivity index (χ0) is 50.0. The van der Waals surface area contributed by atoms with Gasteiger partial charge in [0.1, 0.15) is 0 Å². The normalized spacial score (nSPS) is 12.8. The summed E-state index contributed by atoms with van der Waals surface area (Å²) < 4.78 is 5.47. The number of hydrogen-bond acceptors (Lipinski definition) is 5. The van der Waals surface area contributed by atoms with Crippen LogP contribution >= 0.6 is 0 Å². The molecule has 1 amide bonds. The lowest BCUT2D eigenvalue weighted by Crippen LogP contribution is -2.45. The van der Waals surface area contributed by atoms with E-state index in [0.29, 0.717) is 19.4 Å². The number of esters is 1. The van der Waals surface area contributed by atoms with Crippen LogP contribution in [0, 0.1) is 0 Å². The molecule has 6 nitrogen and oxygen atoms in total. The van der Waals surface area contributed by atoms with Crippen LogP contribution in [0.4, 0.5) is 0 Å². The van der Waals surface area contributed by atoms with Gasteiger partial charge >= 0.3 is 5.97 Å². The van der Waals surface area contributed by atoms with Crippen LogP contribution in [-0.4, -0.2) is 47.4 Å². The van der Waals surface area contributed by atoms with E-state index in [2.05, 4.69) is 43.5 Å². The average Bonchev–Trinajstić information content (AvgIpc) is 3.35. The number of aliphatic hydroxyl groups is 2. The zero-order valence-electron chi connectivity index (χ0n) is 46.3. The third-order valence-electron chi connectivity index (χ3n) is 14.2. The van der Waals surface area contributed by atoms with E-state index in [1.54, 1.807) is 6.08 Å². The summed E-state index contributed by atoms with van der Waals surface area (Å²) in [4.78, 5) is 24.5. The molecule has 0 aromatic rings. The van der Waals surface area contributed by atoms with Gasteiger partial charge in [-0.1, -0.05) is 288 Å². The molecule has 2 atom stereocenters.